The van der Waals surface area contributed by atoms with Gasteiger partial charge in [0.2, 0.25) is 0 Å². The molecule has 0 bridgehead atoms. The van der Waals surface area contributed by atoms with Crippen LogP contribution in [0.15, 0.2) is 48.9 Å². The van der Waals surface area contributed by atoms with E-state index in [2.05, 4.69) is 45.0 Å². The maximum Gasteiger partial charge on any atom is 0.147 e. The normalized spacial score (nSPS) is 12.7. The fraction of sp³-hybridized carbons (Fsp3) is 0.250. The number of hydrogen-bond donors (Lipinski definition) is 1. The zero-order valence-electron chi connectivity index (χ0n) is 11.5. The van der Waals surface area contributed by atoms with Crippen molar-refractivity contribution in [2.75, 3.05) is 0 Å². The van der Waals surface area contributed by atoms with Crippen LogP contribution in [-0.4, -0.2) is 20.6 Å². The first-order valence-corrected chi connectivity index (χ1v) is 6.82. The fourth-order valence-electron chi connectivity index (χ4n) is 2.53. The van der Waals surface area contributed by atoms with Crippen molar-refractivity contribution in [1.29, 1.82) is 0 Å². The average molecular weight is 266 g/mol. The lowest BCUT2D eigenvalue weighted by Crippen LogP contribution is -2.17. The van der Waals surface area contributed by atoms with E-state index in [1.807, 2.05) is 13.0 Å². The first kappa shape index (κ1) is 12.8. The Balaban J connectivity index is 2.02. The van der Waals surface area contributed by atoms with Gasteiger partial charge < -0.3 is 10.3 Å². The standard InChI is InChI=1S/C16H18N4/c1-12(17)9-13-10-20(11-16-18-7-4-8-19-16)15-6-3-2-5-14(13)15/h2-8,10,12H,9,11,17H2,1H3. The number of rotatable bonds is 4. The van der Waals surface area contributed by atoms with Gasteiger partial charge in [-0.3, -0.25) is 0 Å². The topological polar surface area (TPSA) is 56.7 Å². The van der Waals surface area contributed by atoms with Crippen molar-refractivity contribution < 1.29 is 0 Å². The molecule has 0 spiro atoms. The summed E-state index contributed by atoms with van der Waals surface area (Å²) in [6.45, 7) is 2.72. The summed E-state index contributed by atoms with van der Waals surface area (Å²) >= 11 is 0. The molecule has 20 heavy (non-hydrogen) atoms. The minimum atomic E-state index is 0.155. The molecule has 0 aliphatic heterocycles. The summed E-state index contributed by atoms with van der Waals surface area (Å²) in [5.41, 5.74) is 8.43. The van der Waals surface area contributed by atoms with E-state index in [9.17, 15) is 0 Å². The number of para-hydroxylation sites is 1. The van der Waals surface area contributed by atoms with E-state index in [1.165, 1.54) is 16.5 Å². The molecule has 0 aliphatic carbocycles. The average Bonchev–Trinajstić information content (AvgIpc) is 2.78. The van der Waals surface area contributed by atoms with Gasteiger partial charge in [-0.1, -0.05) is 18.2 Å². The lowest BCUT2D eigenvalue weighted by Gasteiger charge is -2.03. The van der Waals surface area contributed by atoms with Gasteiger partial charge in [0.05, 0.1) is 6.54 Å². The molecule has 0 saturated carbocycles. The Hall–Kier alpha value is -2.20. The van der Waals surface area contributed by atoms with E-state index >= 15 is 0 Å². The Kier molecular flexibility index (Phi) is 3.48. The molecule has 4 nitrogen and oxygen atoms in total. The van der Waals surface area contributed by atoms with Crippen LogP contribution >= 0.6 is 0 Å². The van der Waals surface area contributed by atoms with Crippen LogP contribution in [0.4, 0.5) is 0 Å². The van der Waals surface area contributed by atoms with Gasteiger partial charge in [0.1, 0.15) is 5.82 Å². The number of hydrogen-bond acceptors (Lipinski definition) is 3. The minimum absolute atomic E-state index is 0.155. The van der Waals surface area contributed by atoms with Crippen molar-refractivity contribution >= 4 is 10.9 Å². The second-order valence-corrected chi connectivity index (χ2v) is 5.15. The summed E-state index contributed by atoms with van der Waals surface area (Å²) in [5, 5.41) is 1.26. The van der Waals surface area contributed by atoms with Crippen LogP contribution in [0.2, 0.25) is 0 Å². The van der Waals surface area contributed by atoms with Crippen molar-refractivity contribution in [3.05, 3.63) is 60.3 Å². The molecule has 0 radical (unpaired) electrons. The van der Waals surface area contributed by atoms with Crippen molar-refractivity contribution in [2.24, 2.45) is 5.73 Å². The Morgan fingerprint density at radius 1 is 1.15 bits per heavy atom. The van der Waals surface area contributed by atoms with Gasteiger partial charge in [-0.15, -0.1) is 0 Å². The number of fused-ring (bicyclic) bond motifs is 1. The minimum Gasteiger partial charge on any atom is -0.340 e. The van der Waals surface area contributed by atoms with Crippen molar-refractivity contribution in [2.45, 2.75) is 25.9 Å². The third-order valence-corrected chi connectivity index (χ3v) is 3.34. The van der Waals surface area contributed by atoms with Crippen molar-refractivity contribution in [3.63, 3.8) is 0 Å². The SMILES string of the molecule is CC(N)Cc1cn(Cc2ncccn2)c2ccccc12. The number of nitrogens with two attached hydrogens (primary N) is 1. The lowest BCUT2D eigenvalue weighted by atomic mass is 10.1. The highest BCUT2D eigenvalue weighted by molar-refractivity contribution is 5.84. The third-order valence-electron chi connectivity index (χ3n) is 3.34. The number of benzene rings is 1. The van der Waals surface area contributed by atoms with E-state index in [1.54, 1.807) is 12.4 Å². The summed E-state index contributed by atoms with van der Waals surface area (Å²) < 4.78 is 2.20. The first-order valence-electron chi connectivity index (χ1n) is 6.82. The van der Waals surface area contributed by atoms with Crippen LogP contribution in [0.25, 0.3) is 10.9 Å². The molecular formula is C16H18N4. The van der Waals surface area contributed by atoms with Crippen molar-refractivity contribution in [3.8, 4) is 0 Å². The molecule has 1 aromatic carbocycles. The molecule has 0 saturated heterocycles. The molecular weight excluding hydrogens is 248 g/mol. The van der Waals surface area contributed by atoms with Gasteiger partial charge in [0, 0.05) is 35.5 Å². The Morgan fingerprint density at radius 2 is 1.90 bits per heavy atom. The first-order chi connectivity index (χ1) is 9.74. The van der Waals surface area contributed by atoms with Gasteiger partial charge in [-0.2, -0.15) is 0 Å². The number of nitrogens with zero attached hydrogens (tertiary/aromatic N) is 3. The Bertz CT molecular complexity index is 701. The van der Waals surface area contributed by atoms with E-state index < -0.39 is 0 Å². The van der Waals surface area contributed by atoms with Gasteiger partial charge in [0.15, 0.2) is 0 Å². The van der Waals surface area contributed by atoms with Crippen LogP contribution in [0.5, 0.6) is 0 Å². The molecule has 1 unspecified atom stereocenters. The summed E-state index contributed by atoms with van der Waals surface area (Å²) in [6, 6.07) is 10.4. The Morgan fingerprint density at radius 3 is 2.65 bits per heavy atom. The Labute approximate surface area is 118 Å². The molecule has 2 aromatic heterocycles. The predicted molar refractivity (Wildman–Crippen MR) is 80.4 cm³/mol. The quantitative estimate of drug-likeness (QED) is 0.788. The molecule has 3 rings (SSSR count). The molecule has 3 aromatic rings. The van der Waals surface area contributed by atoms with Crippen LogP contribution in [0, 0.1) is 0 Å². The third kappa shape index (κ3) is 2.56. The van der Waals surface area contributed by atoms with Crippen LogP contribution in [0.3, 0.4) is 0 Å². The van der Waals surface area contributed by atoms with Gasteiger partial charge in [-0.05, 0) is 31.0 Å². The maximum atomic E-state index is 5.94. The highest BCUT2D eigenvalue weighted by Crippen LogP contribution is 2.22. The van der Waals surface area contributed by atoms with Gasteiger partial charge in [0.25, 0.3) is 0 Å². The smallest absolute Gasteiger partial charge is 0.147 e. The second kappa shape index (κ2) is 5.43. The van der Waals surface area contributed by atoms with Gasteiger partial charge in [-0.25, -0.2) is 9.97 Å². The van der Waals surface area contributed by atoms with Crippen LogP contribution in [-0.2, 0) is 13.0 Å². The molecule has 102 valence electrons. The molecule has 2 N–H and O–H groups in total. The summed E-state index contributed by atoms with van der Waals surface area (Å²) in [7, 11) is 0. The lowest BCUT2D eigenvalue weighted by molar-refractivity contribution is 0.728. The molecule has 4 heteroatoms. The molecule has 2 heterocycles. The monoisotopic (exact) mass is 266 g/mol. The molecule has 0 amide bonds. The van der Waals surface area contributed by atoms with E-state index in [0.29, 0.717) is 6.54 Å². The molecule has 1 atom stereocenters. The zero-order valence-corrected chi connectivity index (χ0v) is 11.5. The molecule has 0 fully saturated rings. The fourth-order valence-corrected chi connectivity index (χ4v) is 2.53. The van der Waals surface area contributed by atoms with Gasteiger partial charge >= 0.3 is 0 Å². The van der Waals surface area contributed by atoms with E-state index in [4.69, 9.17) is 5.73 Å². The second-order valence-electron chi connectivity index (χ2n) is 5.15. The zero-order chi connectivity index (χ0) is 13.9. The van der Waals surface area contributed by atoms with E-state index in [0.717, 1.165) is 12.2 Å². The van der Waals surface area contributed by atoms with Crippen LogP contribution in [0.1, 0.15) is 18.3 Å². The van der Waals surface area contributed by atoms with E-state index in [-0.39, 0.29) is 6.04 Å². The summed E-state index contributed by atoms with van der Waals surface area (Å²) in [4.78, 5) is 8.59. The largest absolute Gasteiger partial charge is 0.340 e. The van der Waals surface area contributed by atoms with Crippen molar-refractivity contribution in [1.82, 2.24) is 14.5 Å². The predicted octanol–water partition coefficient (Wildman–Crippen LogP) is 2.37. The highest BCUT2D eigenvalue weighted by atomic mass is 15.0. The highest BCUT2D eigenvalue weighted by Gasteiger charge is 2.10. The number of aromatic nitrogens is 3. The summed E-state index contributed by atoms with van der Waals surface area (Å²) in [5.74, 6) is 0.820. The maximum absolute atomic E-state index is 5.94. The summed E-state index contributed by atoms with van der Waals surface area (Å²) in [6.07, 6.45) is 6.60. The van der Waals surface area contributed by atoms with Crippen LogP contribution < -0.4 is 5.73 Å². The molecule has 0 aliphatic rings.